The fraction of sp³-hybridized carbons (Fsp3) is 0.250. The Morgan fingerprint density at radius 1 is 1.21 bits per heavy atom. The molecular weight excluding hydrogens is 417 g/mol. The Balaban J connectivity index is 0.00000300. The van der Waals surface area contributed by atoms with Crippen molar-refractivity contribution in [1.29, 1.82) is 0 Å². The van der Waals surface area contributed by atoms with E-state index in [-0.39, 0.29) is 31.3 Å². The van der Waals surface area contributed by atoms with Crippen LogP contribution in [-0.2, 0) is 33.2 Å². The monoisotopic (exact) mass is 437 g/mol. The first-order valence-corrected chi connectivity index (χ1v) is 9.23. The lowest BCUT2D eigenvalue weighted by atomic mass is 9.91. The molecule has 7 nitrogen and oxygen atoms in total. The van der Waals surface area contributed by atoms with E-state index >= 15 is 0 Å². The summed E-state index contributed by atoms with van der Waals surface area (Å²) in [5.41, 5.74) is 9.29. The van der Waals surface area contributed by atoms with Crippen LogP contribution in [0.5, 0.6) is 0 Å². The highest BCUT2D eigenvalue weighted by molar-refractivity contribution is 6.18. The van der Waals surface area contributed by atoms with Gasteiger partial charge in [0.15, 0.2) is 5.92 Å². The summed E-state index contributed by atoms with van der Waals surface area (Å²) in [4.78, 5) is 24.1. The zero-order valence-electron chi connectivity index (χ0n) is 15.4. The number of benzene rings is 2. The summed E-state index contributed by atoms with van der Waals surface area (Å²) in [6, 6.07) is 11.7. The summed E-state index contributed by atoms with van der Waals surface area (Å²) >= 11 is 6.08. The first-order valence-electron chi connectivity index (χ1n) is 8.70. The third-order valence-corrected chi connectivity index (χ3v) is 4.86. The number of nitrogens with zero attached hydrogens (tertiary/aromatic N) is 1. The molecule has 0 spiro atoms. The van der Waals surface area contributed by atoms with Crippen LogP contribution in [0.25, 0.3) is 10.9 Å². The maximum atomic E-state index is 12.4. The topological polar surface area (TPSA) is 118 Å². The molecule has 0 aliphatic rings. The van der Waals surface area contributed by atoms with E-state index in [0.29, 0.717) is 0 Å². The third kappa shape index (κ3) is 5.26. The predicted octanol–water partition coefficient (Wildman–Crippen LogP) is 3.04. The minimum atomic E-state index is -1.48. The summed E-state index contributed by atoms with van der Waals surface area (Å²) in [5, 5.41) is 17.2. The zero-order chi connectivity index (χ0) is 20.1. The van der Waals surface area contributed by atoms with Crippen LogP contribution in [0.15, 0.2) is 48.7 Å². The number of hydrogen-bond acceptors (Lipinski definition) is 5. The molecule has 0 saturated heterocycles. The van der Waals surface area contributed by atoms with Gasteiger partial charge < -0.3 is 15.6 Å². The molecule has 0 amide bonds. The summed E-state index contributed by atoms with van der Waals surface area (Å²) in [6.07, 6.45) is 1.82. The average molecular weight is 438 g/mol. The lowest BCUT2D eigenvalue weighted by Gasteiger charge is -2.20. The van der Waals surface area contributed by atoms with Crippen LogP contribution in [0.3, 0.4) is 0 Å². The number of halogens is 2. The summed E-state index contributed by atoms with van der Waals surface area (Å²) in [6.45, 7) is -0.00984. The summed E-state index contributed by atoms with van der Waals surface area (Å²) in [7, 11) is 0. The van der Waals surface area contributed by atoms with Crippen molar-refractivity contribution < 1.29 is 19.4 Å². The van der Waals surface area contributed by atoms with E-state index in [2.05, 4.69) is 10.2 Å². The second-order valence-corrected chi connectivity index (χ2v) is 6.71. The largest absolute Gasteiger partial charge is 0.481 e. The van der Waals surface area contributed by atoms with Crippen LogP contribution in [0, 0.1) is 5.92 Å². The molecule has 0 saturated carbocycles. The molecule has 3 rings (SSSR count). The molecule has 9 heteroatoms. The van der Waals surface area contributed by atoms with Gasteiger partial charge in [-0.05, 0) is 29.2 Å². The van der Waals surface area contributed by atoms with Crippen molar-refractivity contribution in [3.05, 3.63) is 65.4 Å². The number of nitrogens with one attached hydrogen (secondary N) is 1. The van der Waals surface area contributed by atoms with Crippen LogP contribution < -0.4 is 5.73 Å². The highest BCUT2D eigenvalue weighted by Crippen LogP contribution is 2.25. The maximum absolute atomic E-state index is 12.4. The van der Waals surface area contributed by atoms with Crippen LogP contribution in [-0.4, -0.2) is 33.3 Å². The Kier molecular flexibility index (Phi) is 8.01. The Bertz CT molecular complexity index is 978. The molecule has 2 atom stereocenters. The number of aromatic amines is 1. The fourth-order valence-electron chi connectivity index (χ4n) is 3.12. The minimum Gasteiger partial charge on any atom is -0.481 e. The van der Waals surface area contributed by atoms with Gasteiger partial charge in [-0.25, -0.2) is 0 Å². The molecule has 29 heavy (non-hydrogen) atoms. The molecule has 4 N–H and O–H groups in total. The van der Waals surface area contributed by atoms with Crippen molar-refractivity contribution in [3.63, 3.8) is 0 Å². The van der Waals surface area contributed by atoms with E-state index in [0.717, 1.165) is 27.6 Å². The van der Waals surface area contributed by atoms with Crippen molar-refractivity contribution >= 4 is 46.8 Å². The van der Waals surface area contributed by atoms with Gasteiger partial charge in [0.2, 0.25) is 0 Å². The number of ether oxygens (including phenoxy) is 1. The van der Waals surface area contributed by atoms with Gasteiger partial charge in [0.05, 0.1) is 11.7 Å². The van der Waals surface area contributed by atoms with Gasteiger partial charge in [-0.15, -0.1) is 24.0 Å². The van der Waals surface area contributed by atoms with E-state index in [9.17, 15) is 14.7 Å². The van der Waals surface area contributed by atoms with E-state index in [4.69, 9.17) is 22.1 Å². The molecule has 1 heterocycles. The van der Waals surface area contributed by atoms with E-state index in [1.165, 1.54) is 0 Å². The third-order valence-electron chi connectivity index (χ3n) is 4.59. The molecule has 0 bridgehead atoms. The summed E-state index contributed by atoms with van der Waals surface area (Å²) in [5.74, 6) is -3.44. The molecule has 2 unspecified atom stereocenters. The standard InChI is InChI=1S/C20H20ClN3O4.ClH/c21-9-14-13(6-7-17-15(14)10-23-24-17)8-16(22)18(19(25)26)20(27)28-11-12-4-2-1-3-5-12;/h1-7,10,16,18H,8-9,11,22H2,(H,23,24)(H,25,26);1H. The molecule has 1 aromatic heterocycles. The van der Waals surface area contributed by atoms with Crippen LogP contribution in [0.1, 0.15) is 16.7 Å². The molecule has 0 aliphatic carbocycles. The van der Waals surface area contributed by atoms with Gasteiger partial charge in [-0.1, -0.05) is 36.4 Å². The second-order valence-electron chi connectivity index (χ2n) is 6.45. The number of fused-ring (bicyclic) bond motifs is 1. The van der Waals surface area contributed by atoms with Gasteiger partial charge in [0.25, 0.3) is 0 Å². The normalized spacial score (nSPS) is 12.8. The minimum absolute atomic E-state index is 0. The Morgan fingerprint density at radius 3 is 2.59 bits per heavy atom. The number of carbonyl (C=O) groups excluding carboxylic acids is 1. The number of hydrogen-bond donors (Lipinski definition) is 3. The number of rotatable bonds is 8. The van der Waals surface area contributed by atoms with Crippen molar-refractivity contribution in [2.45, 2.75) is 24.9 Å². The second kappa shape index (κ2) is 10.2. The van der Waals surface area contributed by atoms with Crippen molar-refractivity contribution in [2.75, 3.05) is 0 Å². The molecule has 0 fully saturated rings. The first-order chi connectivity index (χ1) is 13.5. The smallest absolute Gasteiger partial charge is 0.322 e. The Labute approximate surface area is 178 Å². The van der Waals surface area contributed by atoms with E-state index < -0.39 is 23.9 Å². The number of nitrogens with two attached hydrogens (primary N) is 1. The number of carboxylic acid groups (broad SMARTS) is 1. The van der Waals surface area contributed by atoms with Crippen molar-refractivity contribution in [1.82, 2.24) is 10.2 Å². The first kappa shape index (κ1) is 22.7. The Morgan fingerprint density at radius 2 is 1.93 bits per heavy atom. The zero-order valence-corrected chi connectivity index (χ0v) is 16.9. The Hall–Kier alpha value is -2.61. The average Bonchev–Trinajstić information content (AvgIpc) is 3.15. The number of carbonyl (C=O) groups is 2. The highest BCUT2D eigenvalue weighted by atomic mass is 35.5. The molecule has 2 aromatic carbocycles. The van der Waals surface area contributed by atoms with Gasteiger partial charge in [-0.3, -0.25) is 14.7 Å². The van der Waals surface area contributed by atoms with E-state index in [1.54, 1.807) is 18.3 Å². The van der Waals surface area contributed by atoms with Crippen LogP contribution in [0.2, 0.25) is 0 Å². The molecule has 0 aliphatic heterocycles. The number of alkyl halides is 1. The number of carboxylic acids is 1. The highest BCUT2D eigenvalue weighted by Gasteiger charge is 2.34. The number of aliphatic carboxylic acids is 1. The maximum Gasteiger partial charge on any atom is 0.322 e. The summed E-state index contributed by atoms with van der Waals surface area (Å²) < 4.78 is 5.18. The van der Waals surface area contributed by atoms with Crippen LogP contribution >= 0.6 is 24.0 Å². The molecular formula is C20H21Cl2N3O4. The number of H-pyrrole nitrogens is 1. The van der Waals surface area contributed by atoms with Crippen molar-refractivity contribution in [3.8, 4) is 0 Å². The quantitative estimate of drug-likeness (QED) is 0.283. The molecule has 154 valence electrons. The van der Waals surface area contributed by atoms with Gasteiger partial charge >= 0.3 is 11.9 Å². The predicted molar refractivity (Wildman–Crippen MR) is 112 cm³/mol. The van der Waals surface area contributed by atoms with Gasteiger partial charge in [-0.2, -0.15) is 5.10 Å². The lowest BCUT2D eigenvalue weighted by Crippen LogP contribution is -2.43. The van der Waals surface area contributed by atoms with Crippen molar-refractivity contribution in [2.24, 2.45) is 11.7 Å². The number of aromatic nitrogens is 2. The van der Waals surface area contributed by atoms with Crippen LogP contribution in [0.4, 0.5) is 0 Å². The van der Waals surface area contributed by atoms with E-state index in [1.807, 2.05) is 30.3 Å². The van der Waals surface area contributed by atoms with Gasteiger partial charge in [0, 0.05) is 17.3 Å². The fourth-order valence-corrected chi connectivity index (χ4v) is 3.43. The number of esters is 1. The van der Waals surface area contributed by atoms with Gasteiger partial charge in [0.1, 0.15) is 6.61 Å². The molecule has 0 radical (unpaired) electrons. The lowest BCUT2D eigenvalue weighted by molar-refractivity contribution is -0.160. The molecule has 3 aromatic rings. The SMILES string of the molecule is Cl.NC(Cc1ccc2[nH]ncc2c1CCl)C(C(=O)O)C(=O)OCc1ccccc1.